The number of carbonyl (C=O) groups is 1. The van der Waals surface area contributed by atoms with Crippen LogP contribution < -0.4 is 4.74 Å². The zero-order valence-corrected chi connectivity index (χ0v) is 16.3. The predicted octanol–water partition coefficient (Wildman–Crippen LogP) is 5.63. The molecule has 0 bridgehead atoms. The molecule has 1 saturated carbocycles. The van der Waals surface area contributed by atoms with E-state index in [0.717, 1.165) is 56.1 Å². The number of nitrogens with zero attached hydrogens (tertiary/aromatic N) is 1. The summed E-state index contributed by atoms with van der Waals surface area (Å²) in [4.78, 5) is 13.3. The van der Waals surface area contributed by atoms with Crippen LogP contribution in [0.5, 0.6) is 5.75 Å². The Morgan fingerprint density at radius 3 is 2.44 bits per heavy atom. The van der Waals surface area contributed by atoms with E-state index in [9.17, 15) is 10.1 Å². The minimum atomic E-state index is -0.611. The first-order chi connectivity index (χ1) is 13.1. The summed E-state index contributed by atoms with van der Waals surface area (Å²) < 4.78 is 5.80. The van der Waals surface area contributed by atoms with Gasteiger partial charge in [0.2, 0.25) is 0 Å². The van der Waals surface area contributed by atoms with Crippen LogP contribution in [0.3, 0.4) is 0 Å². The van der Waals surface area contributed by atoms with Gasteiger partial charge in [-0.15, -0.1) is 0 Å². The summed E-state index contributed by atoms with van der Waals surface area (Å²) in [7, 11) is 0. The maximum Gasteiger partial charge on any atom is 0.321 e. The third kappa shape index (κ3) is 4.06. The SMILES string of the molecule is CCCc1ccc(C2(C(=O)Oc3ccc(C)cc3C#N)CCCCC2)cc1. The number of aryl methyl sites for hydroxylation is 2. The first-order valence-corrected chi connectivity index (χ1v) is 9.91. The highest BCUT2D eigenvalue weighted by molar-refractivity contribution is 5.85. The Hall–Kier alpha value is -2.60. The fraction of sp³-hybridized carbons (Fsp3) is 0.417. The molecule has 2 aromatic rings. The van der Waals surface area contributed by atoms with Crippen LogP contribution in [0.4, 0.5) is 0 Å². The van der Waals surface area contributed by atoms with Crippen molar-refractivity contribution >= 4 is 5.97 Å². The lowest BCUT2D eigenvalue weighted by atomic mass is 9.69. The average Bonchev–Trinajstić information content (AvgIpc) is 2.70. The van der Waals surface area contributed by atoms with E-state index >= 15 is 0 Å². The molecule has 1 fully saturated rings. The number of esters is 1. The molecule has 2 aromatic carbocycles. The predicted molar refractivity (Wildman–Crippen MR) is 107 cm³/mol. The summed E-state index contributed by atoms with van der Waals surface area (Å²) in [6.45, 7) is 4.09. The largest absolute Gasteiger partial charge is 0.424 e. The van der Waals surface area contributed by atoms with Gasteiger partial charge in [-0.1, -0.05) is 62.9 Å². The Labute approximate surface area is 162 Å². The Morgan fingerprint density at radius 2 is 1.81 bits per heavy atom. The van der Waals surface area contributed by atoms with E-state index in [1.165, 1.54) is 5.56 Å². The normalized spacial score (nSPS) is 15.7. The summed E-state index contributed by atoms with van der Waals surface area (Å²) in [5.74, 6) is 0.131. The van der Waals surface area contributed by atoms with Crippen molar-refractivity contribution in [2.45, 2.75) is 64.2 Å². The highest BCUT2D eigenvalue weighted by atomic mass is 16.5. The minimum absolute atomic E-state index is 0.231. The monoisotopic (exact) mass is 361 g/mol. The van der Waals surface area contributed by atoms with Gasteiger partial charge in [0.25, 0.3) is 0 Å². The minimum Gasteiger partial charge on any atom is -0.424 e. The molecule has 0 unspecified atom stereocenters. The van der Waals surface area contributed by atoms with Crippen molar-refractivity contribution in [3.63, 3.8) is 0 Å². The lowest BCUT2D eigenvalue weighted by molar-refractivity contribution is -0.142. The number of carbonyl (C=O) groups excluding carboxylic acids is 1. The first kappa shape index (κ1) is 19.2. The van der Waals surface area contributed by atoms with Crippen molar-refractivity contribution in [2.75, 3.05) is 0 Å². The van der Waals surface area contributed by atoms with E-state index in [4.69, 9.17) is 4.74 Å². The molecule has 0 radical (unpaired) electrons. The number of rotatable bonds is 5. The number of ether oxygens (including phenoxy) is 1. The van der Waals surface area contributed by atoms with Gasteiger partial charge in [-0.3, -0.25) is 4.79 Å². The second-order valence-electron chi connectivity index (χ2n) is 7.59. The molecule has 1 aliphatic carbocycles. The molecule has 1 aliphatic rings. The molecule has 27 heavy (non-hydrogen) atoms. The molecular formula is C24H27NO2. The maximum absolute atomic E-state index is 13.3. The molecule has 0 spiro atoms. The molecular weight excluding hydrogens is 334 g/mol. The molecule has 3 heteroatoms. The van der Waals surface area contributed by atoms with E-state index in [1.54, 1.807) is 12.1 Å². The van der Waals surface area contributed by atoms with Crippen LogP contribution in [0.15, 0.2) is 42.5 Å². The van der Waals surface area contributed by atoms with Gasteiger partial charge in [0, 0.05) is 0 Å². The quantitative estimate of drug-likeness (QED) is 0.512. The lowest BCUT2D eigenvalue weighted by Crippen LogP contribution is -2.41. The number of nitriles is 1. The van der Waals surface area contributed by atoms with E-state index in [2.05, 4.69) is 37.3 Å². The molecule has 0 heterocycles. The molecule has 0 N–H and O–H groups in total. The van der Waals surface area contributed by atoms with E-state index < -0.39 is 5.41 Å². The standard InChI is InChI=1S/C24H27NO2/c1-3-7-19-9-11-21(12-10-19)24(14-5-4-6-15-24)23(26)27-22-13-8-18(2)16-20(22)17-25/h8-13,16H,3-7,14-15H2,1-2H3. The highest BCUT2D eigenvalue weighted by Gasteiger charge is 2.43. The van der Waals surface area contributed by atoms with E-state index in [-0.39, 0.29) is 5.97 Å². The number of hydrogen-bond acceptors (Lipinski definition) is 3. The van der Waals surface area contributed by atoms with Gasteiger partial charge >= 0.3 is 5.97 Å². The van der Waals surface area contributed by atoms with Crippen molar-refractivity contribution in [3.8, 4) is 11.8 Å². The average molecular weight is 361 g/mol. The van der Waals surface area contributed by atoms with Gasteiger partial charge < -0.3 is 4.74 Å². The smallest absolute Gasteiger partial charge is 0.321 e. The summed E-state index contributed by atoms with van der Waals surface area (Å²) in [5.41, 5.74) is 3.11. The van der Waals surface area contributed by atoms with Crippen LogP contribution in [0.25, 0.3) is 0 Å². The fourth-order valence-electron chi connectivity index (χ4n) is 4.06. The third-order valence-electron chi connectivity index (χ3n) is 5.60. The van der Waals surface area contributed by atoms with E-state index in [1.807, 2.05) is 13.0 Å². The fourth-order valence-corrected chi connectivity index (χ4v) is 4.06. The van der Waals surface area contributed by atoms with Crippen molar-refractivity contribution in [3.05, 3.63) is 64.7 Å². The summed E-state index contributed by atoms with van der Waals surface area (Å²) in [6, 6.07) is 16.0. The lowest BCUT2D eigenvalue weighted by Gasteiger charge is -2.35. The zero-order valence-electron chi connectivity index (χ0n) is 16.3. The summed E-state index contributed by atoms with van der Waals surface area (Å²) >= 11 is 0. The van der Waals surface area contributed by atoms with Crippen LogP contribution >= 0.6 is 0 Å². The topological polar surface area (TPSA) is 50.1 Å². The Bertz CT molecular complexity index is 840. The van der Waals surface area contributed by atoms with Crippen LogP contribution in [0.1, 0.15) is 67.7 Å². The highest BCUT2D eigenvalue weighted by Crippen LogP contribution is 2.41. The molecule has 3 nitrogen and oxygen atoms in total. The second kappa shape index (κ2) is 8.39. The Balaban J connectivity index is 1.92. The molecule has 0 saturated heterocycles. The molecule has 0 aliphatic heterocycles. The van der Waals surface area contributed by atoms with Gasteiger partial charge in [0.1, 0.15) is 11.8 Å². The molecule has 0 amide bonds. The molecule has 140 valence electrons. The van der Waals surface area contributed by atoms with Gasteiger partial charge in [-0.05, 0) is 55.0 Å². The summed E-state index contributed by atoms with van der Waals surface area (Å²) in [6.07, 6.45) is 6.94. The van der Waals surface area contributed by atoms with Crippen LogP contribution in [0.2, 0.25) is 0 Å². The summed E-state index contributed by atoms with van der Waals surface area (Å²) in [5, 5.41) is 9.39. The van der Waals surface area contributed by atoms with Gasteiger partial charge in [0.05, 0.1) is 11.0 Å². The third-order valence-corrected chi connectivity index (χ3v) is 5.60. The van der Waals surface area contributed by atoms with Gasteiger partial charge in [-0.2, -0.15) is 5.26 Å². The van der Waals surface area contributed by atoms with Crippen molar-refractivity contribution in [2.24, 2.45) is 0 Å². The van der Waals surface area contributed by atoms with Crippen LogP contribution in [-0.4, -0.2) is 5.97 Å². The Kier molecular flexibility index (Phi) is 5.96. The molecule has 0 aromatic heterocycles. The second-order valence-corrected chi connectivity index (χ2v) is 7.59. The zero-order chi connectivity index (χ0) is 19.3. The van der Waals surface area contributed by atoms with Crippen LogP contribution in [0, 0.1) is 18.3 Å². The van der Waals surface area contributed by atoms with Crippen molar-refractivity contribution in [1.29, 1.82) is 5.26 Å². The molecule has 3 rings (SSSR count). The van der Waals surface area contributed by atoms with Crippen molar-refractivity contribution < 1.29 is 9.53 Å². The van der Waals surface area contributed by atoms with Crippen LogP contribution in [-0.2, 0) is 16.6 Å². The van der Waals surface area contributed by atoms with Gasteiger partial charge in [0.15, 0.2) is 0 Å². The van der Waals surface area contributed by atoms with Gasteiger partial charge in [-0.25, -0.2) is 0 Å². The number of hydrogen-bond donors (Lipinski definition) is 0. The Morgan fingerprint density at radius 1 is 1.11 bits per heavy atom. The molecule has 0 atom stereocenters. The number of benzene rings is 2. The van der Waals surface area contributed by atoms with E-state index in [0.29, 0.717) is 11.3 Å². The van der Waals surface area contributed by atoms with Crippen molar-refractivity contribution in [1.82, 2.24) is 0 Å². The maximum atomic E-state index is 13.3. The first-order valence-electron chi connectivity index (χ1n) is 9.91.